The molecular formula is C16H24N4O. The van der Waals surface area contributed by atoms with Crippen molar-refractivity contribution in [2.24, 2.45) is 5.73 Å². The molecule has 0 amide bonds. The average molecular weight is 288 g/mol. The van der Waals surface area contributed by atoms with Crippen molar-refractivity contribution in [3.8, 4) is 0 Å². The van der Waals surface area contributed by atoms with Crippen LogP contribution in [0.3, 0.4) is 0 Å². The largest absolute Gasteiger partial charge is 0.379 e. The lowest BCUT2D eigenvalue weighted by molar-refractivity contribution is 0.0364. The van der Waals surface area contributed by atoms with Crippen molar-refractivity contribution in [1.29, 1.82) is 0 Å². The smallest absolute Gasteiger partial charge is 0.111 e. The third-order valence-electron chi connectivity index (χ3n) is 4.09. The molecule has 0 radical (unpaired) electrons. The first-order chi connectivity index (χ1) is 10.3. The highest BCUT2D eigenvalue weighted by atomic mass is 16.5. The number of aromatic nitrogens is 2. The fraction of sp³-hybridized carbons (Fsp3) is 0.562. The van der Waals surface area contributed by atoms with Crippen LogP contribution in [-0.4, -0.2) is 53.8 Å². The van der Waals surface area contributed by atoms with Crippen LogP contribution in [0.15, 0.2) is 18.2 Å². The van der Waals surface area contributed by atoms with Crippen LogP contribution in [0.4, 0.5) is 0 Å². The summed E-state index contributed by atoms with van der Waals surface area (Å²) in [4.78, 5) is 7.22. The molecule has 2 aromatic rings. The summed E-state index contributed by atoms with van der Waals surface area (Å²) in [6.07, 6.45) is 0.830. The Labute approximate surface area is 125 Å². The van der Waals surface area contributed by atoms with E-state index in [1.807, 2.05) is 0 Å². The number of hydrogen-bond donors (Lipinski definition) is 1. The van der Waals surface area contributed by atoms with Gasteiger partial charge in [-0.25, -0.2) is 4.98 Å². The van der Waals surface area contributed by atoms with Crippen molar-refractivity contribution >= 4 is 11.0 Å². The number of rotatable bonds is 5. The van der Waals surface area contributed by atoms with Crippen LogP contribution < -0.4 is 5.73 Å². The minimum Gasteiger partial charge on any atom is -0.379 e. The van der Waals surface area contributed by atoms with E-state index in [-0.39, 0.29) is 0 Å². The zero-order valence-corrected chi connectivity index (χ0v) is 12.7. The van der Waals surface area contributed by atoms with Crippen molar-refractivity contribution in [1.82, 2.24) is 14.5 Å². The number of hydrogen-bond acceptors (Lipinski definition) is 4. The summed E-state index contributed by atoms with van der Waals surface area (Å²) in [6, 6.07) is 6.49. The number of nitrogens with zero attached hydrogens (tertiary/aromatic N) is 3. The fourth-order valence-electron chi connectivity index (χ4n) is 2.93. The molecule has 0 atom stereocenters. The van der Waals surface area contributed by atoms with Gasteiger partial charge >= 0.3 is 0 Å². The van der Waals surface area contributed by atoms with E-state index < -0.39 is 0 Å². The van der Waals surface area contributed by atoms with Crippen LogP contribution in [0.5, 0.6) is 0 Å². The maximum atomic E-state index is 5.74. The Balaban J connectivity index is 1.82. The summed E-state index contributed by atoms with van der Waals surface area (Å²) in [5.41, 5.74) is 9.29. The van der Waals surface area contributed by atoms with Crippen molar-refractivity contribution < 1.29 is 4.74 Å². The SMILES string of the molecule is Cc1ccc2c(c1)nc(CCN)n2CCN1CCOCC1. The van der Waals surface area contributed by atoms with Crippen LogP contribution in [0.25, 0.3) is 11.0 Å². The summed E-state index contributed by atoms with van der Waals surface area (Å²) in [7, 11) is 0. The molecule has 0 aliphatic carbocycles. The molecule has 3 rings (SSSR count). The fourth-order valence-corrected chi connectivity index (χ4v) is 2.93. The van der Waals surface area contributed by atoms with Crippen molar-refractivity contribution in [3.63, 3.8) is 0 Å². The topological polar surface area (TPSA) is 56.3 Å². The molecule has 1 aliphatic heterocycles. The standard InChI is InChI=1S/C16H24N4O/c1-13-2-3-15-14(12-13)18-16(4-5-17)20(15)7-6-19-8-10-21-11-9-19/h2-3,12H,4-11,17H2,1H3. The van der Waals surface area contributed by atoms with E-state index in [0.29, 0.717) is 6.54 Å². The van der Waals surface area contributed by atoms with Crippen LogP contribution in [0.2, 0.25) is 0 Å². The summed E-state index contributed by atoms with van der Waals surface area (Å²) < 4.78 is 7.74. The van der Waals surface area contributed by atoms with Gasteiger partial charge in [-0.1, -0.05) is 6.07 Å². The zero-order valence-electron chi connectivity index (χ0n) is 12.7. The molecule has 1 aromatic heterocycles. The van der Waals surface area contributed by atoms with Gasteiger partial charge in [-0.15, -0.1) is 0 Å². The molecular weight excluding hydrogens is 264 g/mol. The first kappa shape index (κ1) is 14.5. The van der Waals surface area contributed by atoms with Crippen molar-refractivity contribution in [2.75, 3.05) is 39.4 Å². The first-order valence-corrected chi connectivity index (χ1v) is 7.74. The van der Waals surface area contributed by atoms with Gasteiger partial charge in [0.15, 0.2) is 0 Å². The summed E-state index contributed by atoms with van der Waals surface area (Å²) in [5, 5.41) is 0. The van der Waals surface area contributed by atoms with E-state index in [0.717, 1.165) is 57.2 Å². The van der Waals surface area contributed by atoms with Crippen molar-refractivity contribution in [3.05, 3.63) is 29.6 Å². The van der Waals surface area contributed by atoms with Crippen LogP contribution in [0, 0.1) is 6.92 Å². The molecule has 114 valence electrons. The number of aryl methyl sites for hydroxylation is 1. The molecule has 2 heterocycles. The minimum atomic E-state index is 0.639. The normalized spacial score (nSPS) is 16.7. The van der Waals surface area contributed by atoms with Gasteiger partial charge in [-0.05, 0) is 31.2 Å². The molecule has 1 fully saturated rings. The van der Waals surface area contributed by atoms with Gasteiger partial charge in [0.25, 0.3) is 0 Å². The molecule has 1 aromatic carbocycles. The number of morpholine rings is 1. The Morgan fingerprint density at radius 1 is 1.24 bits per heavy atom. The second-order valence-corrected chi connectivity index (χ2v) is 5.66. The average Bonchev–Trinajstić information content (AvgIpc) is 2.83. The van der Waals surface area contributed by atoms with Gasteiger partial charge in [-0.3, -0.25) is 4.90 Å². The van der Waals surface area contributed by atoms with Gasteiger partial charge in [0.2, 0.25) is 0 Å². The maximum absolute atomic E-state index is 5.74. The van der Waals surface area contributed by atoms with Gasteiger partial charge in [0.05, 0.1) is 24.2 Å². The second-order valence-electron chi connectivity index (χ2n) is 5.66. The molecule has 21 heavy (non-hydrogen) atoms. The van der Waals surface area contributed by atoms with Crippen molar-refractivity contribution in [2.45, 2.75) is 19.9 Å². The third kappa shape index (κ3) is 3.26. The highest BCUT2D eigenvalue weighted by Gasteiger charge is 2.14. The Kier molecular flexibility index (Phi) is 4.53. The highest BCUT2D eigenvalue weighted by molar-refractivity contribution is 5.76. The lowest BCUT2D eigenvalue weighted by atomic mass is 10.2. The van der Waals surface area contributed by atoms with Gasteiger partial charge in [-0.2, -0.15) is 0 Å². The van der Waals surface area contributed by atoms with E-state index >= 15 is 0 Å². The molecule has 2 N–H and O–H groups in total. The van der Waals surface area contributed by atoms with E-state index in [2.05, 4.69) is 34.6 Å². The lowest BCUT2D eigenvalue weighted by Gasteiger charge is -2.27. The number of benzene rings is 1. The molecule has 0 bridgehead atoms. The minimum absolute atomic E-state index is 0.639. The van der Waals surface area contributed by atoms with Gasteiger partial charge in [0, 0.05) is 32.6 Å². The highest BCUT2D eigenvalue weighted by Crippen LogP contribution is 2.18. The Morgan fingerprint density at radius 2 is 2.05 bits per heavy atom. The molecule has 0 spiro atoms. The van der Waals surface area contributed by atoms with E-state index in [1.165, 1.54) is 11.1 Å². The van der Waals surface area contributed by atoms with Gasteiger partial charge in [0.1, 0.15) is 5.82 Å². The molecule has 1 saturated heterocycles. The van der Waals surface area contributed by atoms with E-state index in [1.54, 1.807) is 0 Å². The van der Waals surface area contributed by atoms with Gasteiger partial charge < -0.3 is 15.0 Å². The molecule has 1 aliphatic rings. The summed E-state index contributed by atoms with van der Waals surface area (Å²) in [6.45, 7) is 8.50. The second kappa shape index (κ2) is 6.56. The molecule has 0 unspecified atom stereocenters. The van der Waals surface area contributed by atoms with Crippen LogP contribution in [0.1, 0.15) is 11.4 Å². The Bertz CT molecular complexity index is 602. The van der Waals surface area contributed by atoms with Crippen LogP contribution in [-0.2, 0) is 17.7 Å². The zero-order chi connectivity index (χ0) is 14.7. The summed E-state index contributed by atoms with van der Waals surface area (Å²) in [5.74, 6) is 1.10. The first-order valence-electron chi connectivity index (χ1n) is 7.74. The Hall–Kier alpha value is -1.43. The molecule has 0 saturated carbocycles. The van der Waals surface area contributed by atoms with E-state index in [9.17, 15) is 0 Å². The lowest BCUT2D eigenvalue weighted by Crippen LogP contribution is -2.38. The quantitative estimate of drug-likeness (QED) is 0.897. The summed E-state index contributed by atoms with van der Waals surface area (Å²) >= 11 is 0. The molecule has 5 nitrogen and oxygen atoms in total. The predicted octanol–water partition coefficient (Wildman–Crippen LogP) is 1.18. The van der Waals surface area contributed by atoms with E-state index in [4.69, 9.17) is 15.5 Å². The number of fused-ring (bicyclic) bond motifs is 1. The predicted molar refractivity (Wildman–Crippen MR) is 84.5 cm³/mol. The van der Waals surface area contributed by atoms with Crippen LogP contribution >= 0.6 is 0 Å². The third-order valence-corrected chi connectivity index (χ3v) is 4.09. The Morgan fingerprint density at radius 3 is 2.81 bits per heavy atom. The number of nitrogens with two attached hydrogens (primary N) is 1. The number of imidazole rings is 1. The monoisotopic (exact) mass is 288 g/mol. The number of ether oxygens (including phenoxy) is 1. The maximum Gasteiger partial charge on any atom is 0.111 e. The molecule has 5 heteroatoms.